The molecule has 148 valence electrons. The highest BCUT2D eigenvalue weighted by molar-refractivity contribution is 5.98. The van der Waals surface area contributed by atoms with Gasteiger partial charge in [-0.25, -0.2) is 0 Å². The van der Waals surface area contributed by atoms with E-state index in [2.05, 4.69) is 29.3 Å². The van der Waals surface area contributed by atoms with Crippen molar-refractivity contribution in [2.45, 2.75) is 57.2 Å². The lowest BCUT2D eigenvalue weighted by atomic mass is 9.90. The fourth-order valence-electron chi connectivity index (χ4n) is 3.54. The van der Waals surface area contributed by atoms with Gasteiger partial charge >= 0.3 is 0 Å². The molecule has 0 spiro atoms. The minimum absolute atomic E-state index is 0. The second-order valence-corrected chi connectivity index (χ2v) is 7.23. The average molecular weight is 404 g/mol. The molecule has 1 aromatic rings. The van der Waals surface area contributed by atoms with Gasteiger partial charge in [0.1, 0.15) is 5.54 Å². The van der Waals surface area contributed by atoms with Gasteiger partial charge in [0.25, 0.3) is 0 Å². The molecule has 1 aromatic carbocycles. The maximum Gasteiger partial charge on any atom is 0.244 e. The van der Waals surface area contributed by atoms with E-state index in [-0.39, 0.29) is 30.7 Å². The Kier molecular flexibility index (Phi) is 9.34. The van der Waals surface area contributed by atoms with Crippen molar-refractivity contribution in [3.8, 4) is 0 Å². The monoisotopic (exact) mass is 403 g/mol. The van der Waals surface area contributed by atoms with E-state index in [1.165, 1.54) is 31.4 Å². The summed E-state index contributed by atoms with van der Waals surface area (Å²) in [5.74, 6) is -0.108. The number of nitrogens with two attached hydrogens (primary N) is 1. The van der Waals surface area contributed by atoms with Gasteiger partial charge in [0.15, 0.2) is 0 Å². The van der Waals surface area contributed by atoms with Gasteiger partial charge in [-0.05, 0) is 56.8 Å². The van der Waals surface area contributed by atoms with Gasteiger partial charge in [-0.3, -0.25) is 9.69 Å². The number of amides is 1. The van der Waals surface area contributed by atoms with E-state index >= 15 is 0 Å². The quantitative estimate of drug-likeness (QED) is 0.808. The number of hydrogen-bond donors (Lipinski definition) is 2. The molecule has 0 radical (unpaired) electrons. The van der Waals surface area contributed by atoms with E-state index in [1.807, 2.05) is 12.1 Å². The third kappa shape index (κ3) is 5.83. The third-order valence-electron chi connectivity index (χ3n) is 5.38. The Hall–Kier alpha value is -0.850. The van der Waals surface area contributed by atoms with Crippen molar-refractivity contribution in [2.24, 2.45) is 5.73 Å². The largest absolute Gasteiger partial charge is 0.381 e. The van der Waals surface area contributed by atoms with Gasteiger partial charge in [0.05, 0.1) is 0 Å². The lowest BCUT2D eigenvalue weighted by Crippen LogP contribution is -2.54. The van der Waals surface area contributed by atoms with Crippen molar-refractivity contribution < 1.29 is 9.53 Å². The van der Waals surface area contributed by atoms with Gasteiger partial charge in [0, 0.05) is 31.5 Å². The van der Waals surface area contributed by atoms with Crippen LogP contribution in [0.1, 0.15) is 44.6 Å². The minimum atomic E-state index is -0.805. The number of likely N-dealkylation sites (tertiary alicyclic amines) is 1. The summed E-state index contributed by atoms with van der Waals surface area (Å²) in [6.07, 6.45) is 5.07. The fourth-order valence-corrected chi connectivity index (χ4v) is 3.54. The standard InChI is InChI=1S/C19H29N3O2.2ClH/c1-15-4-2-3-11-22(15)14-16-5-7-17(8-6-16)21-18(23)19(20)9-12-24-13-10-19;;/h5-8,15H,2-4,9-14,20H2,1H3,(H,21,23);2*1H. The Balaban J connectivity index is 0.00000169. The highest BCUT2D eigenvalue weighted by Gasteiger charge is 2.35. The summed E-state index contributed by atoms with van der Waals surface area (Å²) in [4.78, 5) is 15.0. The molecule has 2 aliphatic rings. The van der Waals surface area contributed by atoms with Crippen LogP contribution in [-0.2, 0) is 16.1 Å². The van der Waals surface area contributed by atoms with Gasteiger partial charge in [0.2, 0.25) is 5.91 Å². The number of nitrogens with one attached hydrogen (secondary N) is 1. The number of ether oxygens (including phenoxy) is 1. The average Bonchev–Trinajstić information content (AvgIpc) is 2.59. The molecule has 1 atom stereocenters. The first-order valence-electron chi connectivity index (χ1n) is 9.08. The molecule has 1 amide bonds. The van der Waals surface area contributed by atoms with E-state index in [9.17, 15) is 4.79 Å². The zero-order valence-corrected chi connectivity index (χ0v) is 17.0. The SMILES string of the molecule is CC1CCCCN1Cc1ccc(NC(=O)C2(N)CCOCC2)cc1.Cl.Cl. The van der Waals surface area contributed by atoms with E-state index in [0.29, 0.717) is 32.1 Å². The molecule has 0 aliphatic carbocycles. The van der Waals surface area contributed by atoms with Crippen molar-refractivity contribution in [2.75, 3.05) is 25.1 Å². The lowest BCUT2D eigenvalue weighted by molar-refractivity contribution is -0.124. The van der Waals surface area contributed by atoms with Crippen LogP contribution in [0.15, 0.2) is 24.3 Å². The van der Waals surface area contributed by atoms with Gasteiger partial charge in [-0.2, -0.15) is 0 Å². The fraction of sp³-hybridized carbons (Fsp3) is 0.632. The number of benzene rings is 1. The van der Waals surface area contributed by atoms with Crippen LogP contribution in [0.4, 0.5) is 5.69 Å². The molecular weight excluding hydrogens is 373 g/mol. The molecular formula is C19H31Cl2N3O2. The van der Waals surface area contributed by atoms with Gasteiger partial charge in [-0.1, -0.05) is 18.6 Å². The zero-order chi connectivity index (χ0) is 17.0. The predicted octanol–water partition coefficient (Wildman–Crippen LogP) is 3.35. The molecule has 3 N–H and O–H groups in total. The van der Waals surface area contributed by atoms with Crippen LogP contribution in [0.5, 0.6) is 0 Å². The molecule has 2 fully saturated rings. The number of carbonyl (C=O) groups is 1. The molecule has 1 unspecified atom stereocenters. The summed E-state index contributed by atoms with van der Waals surface area (Å²) in [5, 5.41) is 2.96. The maximum absolute atomic E-state index is 12.4. The van der Waals surface area contributed by atoms with Crippen molar-refractivity contribution in [1.82, 2.24) is 4.90 Å². The van der Waals surface area contributed by atoms with Gasteiger partial charge in [-0.15, -0.1) is 24.8 Å². The first-order chi connectivity index (χ1) is 11.6. The lowest BCUT2D eigenvalue weighted by Gasteiger charge is -2.33. The summed E-state index contributed by atoms with van der Waals surface area (Å²) >= 11 is 0. The van der Waals surface area contributed by atoms with Crippen LogP contribution >= 0.6 is 24.8 Å². The van der Waals surface area contributed by atoms with Crippen molar-refractivity contribution in [1.29, 1.82) is 0 Å². The van der Waals surface area contributed by atoms with Crippen LogP contribution in [0, 0.1) is 0 Å². The van der Waals surface area contributed by atoms with Crippen LogP contribution in [0.2, 0.25) is 0 Å². The molecule has 7 heteroatoms. The summed E-state index contributed by atoms with van der Waals surface area (Å²) < 4.78 is 5.30. The molecule has 3 rings (SSSR count). The Bertz CT molecular complexity index is 562. The van der Waals surface area contributed by atoms with Crippen LogP contribution in [-0.4, -0.2) is 42.1 Å². The summed E-state index contributed by atoms with van der Waals surface area (Å²) in [6, 6.07) is 8.81. The Labute approximate surface area is 168 Å². The number of rotatable bonds is 4. The predicted molar refractivity (Wildman–Crippen MR) is 110 cm³/mol. The topological polar surface area (TPSA) is 67.6 Å². The molecule has 2 heterocycles. The smallest absolute Gasteiger partial charge is 0.244 e. The van der Waals surface area contributed by atoms with Crippen molar-refractivity contribution >= 4 is 36.4 Å². The molecule has 26 heavy (non-hydrogen) atoms. The van der Waals surface area contributed by atoms with Gasteiger partial charge < -0.3 is 15.8 Å². The first kappa shape index (κ1) is 23.2. The zero-order valence-electron chi connectivity index (χ0n) is 15.4. The van der Waals surface area contributed by atoms with E-state index in [4.69, 9.17) is 10.5 Å². The summed E-state index contributed by atoms with van der Waals surface area (Å²) in [6.45, 7) is 5.57. The minimum Gasteiger partial charge on any atom is -0.381 e. The summed E-state index contributed by atoms with van der Waals surface area (Å²) in [5.41, 5.74) is 7.51. The Morgan fingerprint density at radius 1 is 1.23 bits per heavy atom. The van der Waals surface area contributed by atoms with Crippen LogP contribution in [0.3, 0.4) is 0 Å². The Morgan fingerprint density at radius 2 is 1.88 bits per heavy atom. The van der Waals surface area contributed by atoms with Crippen LogP contribution in [0.25, 0.3) is 0 Å². The number of halogens is 2. The molecule has 0 saturated carbocycles. The van der Waals surface area contributed by atoms with E-state index in [1.54, 1.807) is 0 Å². The van der Waals surface area contributed by atoms with Crippen molar-refractivity contribution in [3.63, 3.8) is 0 Å². The maximum atomic E-state index is 12.4. The number of nitrogens with zero attached hydrogens (tertiary/aromatic N) is 1. The number of piperidine rings is 1. The van der Waals surface area contributed by atoms with E-state index < -0.39 is 5.54 Å². The van der Waals surface area contributed by atoms with E-state index in [0.717, 1.165) is 12.2 Å². The first-order valence-corrected chi connectivity index (χ1v) is 9.08. The third-order valence-corrected chi connectivity index (χ3v) is 5.38. The molecule has 0 bridgehead atoms. The highest BCUT2D eigenvalue weighted by atomic mass is 35.5. The normalized spacial score (nSPS) is 22.6. The number of anilines is 1. The molecule has 5 nitrogen and oxygen atoms in total. The van der Waals surface area contributed by atoms with Crippen molar-refractivity contribution in [3.05, 3.63) is 29.8 Å². The molecule has 0 aromatic heterocycles. The molecule has 2 saturated heterocycles. The second kappa shape index (κ2) is 10.5. The second-order valence-electron chi connectivity index (χ2n) is 7.23. The molecule has 2 aliphatic heterocycles. The van der Waals surface area contributed by atoms with Crippen LogP contribution < -0.4 is 11.1 Å². The number of hydrogen-bond acceptors (Lipinski definition) is 4. The number of carbonyl (C=O) groups excluding carboxylic acids is 1. The Morgan fingerprint density at radius 3 is 2.50 bits per heavy atom. The summed E-state index contributed by atoms with van der Waals surface area (Å²) in [7, 11) is 0. The highest BCUT2D eigenvalue weighted by Crippen LogP contribution is 2.22.